The van der Waals surface area contributed by atoms with Gasteiger partial charge in [-0.3, -0.25) is 9.67 Å². The molecule has 0 radical (unpaired) electrons. The molecule has 4 heteroatoms. The molecule has 17 heavy (non-hydrogen) atoms. The standard InChI is InChI=1S/C13H16ClN3/c1-10(2)8-17-9-12(6-14)13(16-17)11-4-3-5-15-7-11/h3-5,7,9-10H,6,8H2,1-2H3. The van der Waals surface area contributed by atoms with Gasteiger partial charge >= 0.3 is 0 Å². The molecule has 0 N–H and O–H groups in total. The van der Waals surface area contributed by atoms with Crippen LogP contribution in [0.3, 0.4) is 0 Å². The van der Waals surface area contributed by atoms with E-state index in [1.54, 1.807) is 6.20 Å². The van der Waals surface area contributed by atoms with Crippen molar-refractivity contribution in [2.24, 2.45) is 5.92 Å². The quantitative estimate of drug-likeness (QED) is 0.778. The van der Waals surface area contributed by atoms with Gasteiger partial charge < -0.3 is 0 Å². The highest BCUT2D eigenvalue weighted by Crippen LogP contribution is 2.22. The van der Waals surface area contributed by atoms with Crippen molar-refractivity contribution >= 4 is 11.6 Å². The number of hydrogen-bond donors (Lipinski definition) is 0. The predicted octanol–water partition coefficient (Wildman–Crippen LogP) is 3.34. The maximum atomic E-state index is 5.96. The molecule has 0 aromatic carbocycles. The molecule has 0 bridgehead atoms. The van der Waals surface area contributed by atoms with Gasteiger partial charge in [-0.1, -0.05) is 13.8 Å². The van der Waals surface area contributed by atoms with Gasteiger partial charge in [0.2, 0.25) is 0 Å². The first-order valence-electron chi connectivity index (χ1n) is 5.73. The highest BCUT2D eigenvalue weighted by atomic mass is 35.5. The first-order valence-corrected chi connectivity index (χ1v) is 6.27. The zero-order chi connectivity index (χ0) is 12.3. The van der Waals surface area contributed by atoms with Crippen LogP contribution < -0.4 is 0 Å². The largest absolute Gasteiger partial charge is 0.272 e. The maximum absolute atomic E-state index is 5.96. The smallest absolute Gasteiger partial charge is 0.0982 e. The lowest BCUT2D eigenvalue weighted by atomic mass is 10.1. The second-order valence-electron chi connectivity index (χ2n) is 4.49. The van der Waals surface area contributed by atoms with Crippen molar-refractivity contribution in [3.8, 4) is 11.3 Å². The fourth-order valence-electron chi connectivity index (χ4n) is 1.77. The van der Waals surface area contributed by atoms with Crippen LogP contribution in [0, 0.1) is 5.92 Å². The van der Waals surface area contributed by atoms with Gasteiger partial charge in [-0.25, -0.2) is 0 Å². The molecule has 0 amide bonds. The summed E-state index contributed by atoms with van der Waals surface area (Å²) in [6.07, 6.45) is 5.60. The zero-order valence-corrected chi connectivity index (χ0v) is 10.9. The minimum atomic E-state index is 0.475. The van der Waals surface area contributed by atoms with Gasteiger partial charge in [-0.05, 0) is 18.1 Å². The first kappa shape index (κ1) is 12.1. The summed E-state index contributed by atoms with van der Waals surface area (Å²) < 4.78 is 1.96. The van der Waals surface area contributed by atoms with Crippen LogP contribution in [0.4, 0.5) is 0 Å². The Morgan fingerprint density at radius 2 is 2.24 bits per heavy atom. The molecule has 0 aliphatic rings. The van der Waals surface area contributed by atoms with E-state index in [4.69, 9.17) is 11.6 Å². The average molecular weight is 250 g/mol. The summed E-state index contributed by atoms with van der Waals surface area (Å²) in [6.45, 7) is 5.25. The molecule has 0 unspecified atom stereocenters. The Morgan fingerprint density at radius 3 is 2.82 bits per heavy atom. The maximum Gasteiger partial charge on any atom is 0.0982 e. The Morgan fingerprint density at radius 1 is 1.41 bits per heavy atom. The zero-order valence-electron chi connectivity index (χ0n) is 10.1. The van der Waals surface area contributed by atoms with Crippen LogP contribution in [0.1, 0.15) is 19.4 Å². The molecule has 0 aliphatic carbocycles. The van der Waals surface area contributed by atoms with E-state index in [9.17, 15) is 0 Å². The molecular weight excluding hydrogens is 234 g/mol. The van der Waals surface area contributed by atoms with Gasteiger partial charge in [0.25, 0.3) is 0 Å². The molecular formula is C13H16ClN3. The molecule has 0 saturated carbocycles. The lowest BCUT2D eigenvalue weighted by Gasteiger charge is -2.03. The average Bonchev–Trinajstić information content (AvgIpc) is 2.72. The second-order valence-corrected chi connectivity index (χ2v) is 4.76. The Labute approximate surface area is 106 Å². The van der Waals surface area contributed by atoms with Gasteiger partial charge in [0, 0.05) is 36.3 Å². The van der Waals surface area contributed by atoms with E-state index in [2.05, 4.69) is 23.9 Å². The van der Waals surface area contributed by atoms with Crippen molar-refractivity contribution in [1.82, 2.24) is 14.8 Å². The van der Waals surface area contributed by atoms with Crippen molar-refractivity contribution in [3.05, 3.63) is 36.3 Å². The molecule has 0 aliphatic heterocycles. The monoisotopic (exact) mass is 249 g/mol. The lowest BCUT2D eigenvalue weighted by Crippen LogP contribution is -2.04. The summed E-state index contributed by atoms with van der Waals surface area (Å²) in [5, 5.41) is 4.58. The molecule has 3 nitrogen and oxygen atoms in total. The number of hydrogen-bond acceptors (Lipinski definition) is 2. The fourth-order valence-corrected chi connectivity index (χ4v) is 1.97. The molecule has 0 saturated heterocycles. The molecule has 2 heterocycles. The van der Waals surface area contributed by atoms with Gasteiger partial charge in [0.15, 0.2) is 0 Å². The molecule has 2 aromatic heterocycles. The molecule has 90 valence electrons. The Bertz CT molecular complexity index is 477. The number of alkyl halides is 1. The normalized spacial score (nSPS) is 11.1. The van der Waals surface area contributed by atoms with Crippen LogP contribution in [-0.2, 0) is 12.4 Å². The van der Waals surface area contributed by atoms with E-state index in [0.29, 0.717) is 11.8 Å². The fraction of sp³-hybridized carbons (Fsp3) is 0.385. The Kier molecular flexibility index (Phi) is 3.79. The van der Waals surface area contributed by atoms with Gasteiger partial charge in [-0.15, -0.1) is 11.6 Å². The first-order chi connectivity index (χ1) is 8.20. The van der Waals surface area contributed by atoms with Crippen molar-refractivity contribution < 1.29 is 0 Å². The van der Waals surface area contributed by atoms with E-state index in [-0.39, 0.29) is 0 Å². The summed E-state index contributed by atoms with van der Waals surface area (Å²) in [6, 6.07) is 3.92. The summed E-state index contributed by atoms with van der Waals surface area (Å²) in [4.78, 5) is 4.11. The minimum Gasteiger partial charge on any atom is -0.272 e. The summed E-state index contributed by atoms with van der Waals surface area (Å²) >= 11 is 5.96. The highest BCUT2D eigenvalue weighted by Gasteiger charge is 2.10. The predicted molar refractivity (Wildman–Crippen MR) is 69.9 cm³/mol. The Hall–Kier alpha value is -1.35. The van der Waals surface area contributed by atoms with Crippen molar-refractivity contribution in [2.45, 2.75) is 26.3 Å². The number of rotatable bonds is 4. The van der Waals surface area contributed by atoms with Crippen molar-refractivity contribution in [2.75, 3.05) is 0 Å². The van der Waals surface area contributed by atoms with Gasteiger partial charge in [0.05, 0.1) is 11.6 Å². The third-order valence-corrected chi connectivity index (χ3v) is 2.76. The van der Waals surface area contributed by atoms with Crippen molar-refractivity contribution in [1.29, 1.82) is 0 Å². The molecule has 0 atom stereocenters. The van der Waals surface area contributed by atoms with E-state index in [0.717, 1.165) is 23.4 Å². The topological polar surface area (TPSA) is 30.7 Å². The molecule has 2 aromatic rings. The number of halogens is 1. The summed E-state index contributed by atoms with van der Waals surface area (Å²) in [5.74, 6) is 1.04. The van der Waals surface area contributed by atoms with E-state index in [1.165, 1.54) is 0 Å². The van der Waals surface area contributed by atoms with Crippen LogP contribution in [0.5, 0.6) is 0 Å². The second kappa shape index (κ2) is 5.32. The number of nitrogens with zero attached hydrogens (tertiary/aromatic N) is 3. The Balaban J connectivity index is 2.36. The third-order valence-electron chi connectivity index (χ3n) is 2.47. The SMILES string of the molecule is CC(C)Cn1cc(CCl)c(-c2cccnc2)n1. The van der Waals surface area contributed by atoms with Crippen LogP contribution in [-0.4, -0.2) is 14.8 Å². The van der Waals surface area contributed by atoms with Gasteiger partial charge in [-0.2, -0.15) is 5.10 Å². The van der Waals surface area contributed by atoms with E-state index >= 15 is 0 Å². The van der Waals surface area contributed by atoms with Crippen LogP contribution >= 0.6 is 11.6 Å². The van der Waals surface area contributed by atoms with E-state index in [1.807, 2.05) is 29.2 Å². The minimum absolute atomic E-state index is 0.475. The van der Waals surface area contributed by atoms with Crippen LogP contribution in [0.2, 0.25) is 0 Å². The van der Waals surface area contributed by atoms with Crippen LogP contribution in [0.15, 0.2) is 30.7 Å². The van der Waals surface area contributed by atoms with Crippen molar-refractivity contribution in [3.63, 3.8) is 0 Å². The summed E-state index contributed by atoms with van der Waals surface area (Å²) in [7, 11) is 0. The van der Waals surface area contributed by atoms with E-state index < -0.39 is 0 Å². The van der Waals surface area contributed by atoms with Crippen LogP contribution in [0.25, 0.3) is 11.3 Å². The highest BCUT2D eigenvalue weighted by molar-refractivity contribution is 6.17. The summed E-state index contributed by atoms with van der Waals surface area (Å²) in [5.41, 5.74) is 3.01. The number of pyridine rings is 1. The lowest BCUT2D eigenvalue weighted by molar-refractivity contribution is 0.484. The molecule has 0 fully saturated rings. The number of aromatic nitrogens is 3. The third kappa shape index (κ3) is 2.86. The molecule has 0 spiro atoms. The van der Waals surface area contributed by atoms with Gasteiger partial charge in [0.1, 0.15) is 0 Å². The molecule has 2 rings (SSSR count).